The minimum Gasteiger partial charge on any atom is -0.490 e. The Balaban J connectivity index is 1.47. The van der Waals surface area contributed by atoms with E-state index in [2.05, 4.69) is 11.9 Å². The zero-order valence-electron chi connectivity index (χ0n) is 17.0. The summed E-state index contributed by atoms with van der Waals surface area (Å²) in [6.45, 7) is 6.99. The lowest BCUT2D eigenvalue weighted by atomic mass is 10.2. The van der Waals surface area contributed by atoms with E-state index in [9.17, 15) is 4.79 Å². The topological polar surface area (TPSA) is 56.8 Å². The third-order valence-corrected chi connectivity index (χ3v) is 4.06. The standard InChI is InChI=1S/C25H25NO4/c1-19(2)18-30-24-10-6-7-20(17-24)25(27)26-21-11-13-23(14-12-21)29-16-15-28-22-8-4-3-5-9-22/h3-14,17H,1,15-16,18H2,2H3,(H,26,27). The second-order valence-corrected chi connectivity index (χ2v) is 6.76. The predicted octanol–water partition coefficient (Wildman–Crippen LogP) is 5.35. The summed E-state index contributed by atoms with van der Waals surface area (Å²) in [5, 5.41) is 2.87. The lowest BCUT2D eigenvalue weighted by Gasteiger charge is -2.10. The number of para-hydroxylation sites is 1. The van der Waals surface area contributed by atoms with Crippen LogP contribution in [0.1, 0.15) is 17.3 Å². The predicted molar refractivity (Wildman–Crippen MR) is 119 cm³/mol. The molecular formula is C25H25NO4. The Morgan fingerprint density at radius 3 is 2.10 bits per heavy atom. The van der Waals surface area contributed by atoms with Gasteiger partial charge >= 0.3 is 0 Å². The summed E-state index contributed by atoms with van der Waals surface area (Å²) in [5.74, 6) is 1.95. The maximum atomic E-state index is 12.5. The van der Waals surface area contributed by atoms with Gasteiger partial charge in [-0.3, -0.25) is 4.79 Å². The normalized spacial score (nSPS) is 10.2. The number of amides is 1. The highest BCUT2D eigenvalue weighted by atomic mass is 16.5. The van der Waals surface area contributed by atoms with Crippen molar-refractivity contribution in [1.29, 1.82) is 0 Å². The lowest BCUT2D eigenvalue weighted by Crippen LogP contribution is -2.12. The van der Waals surface area contributed by atoms with Crippen molar-refractivity contribution in [2.45, 2.75) is 6.92 Å². The number of ether oxygens (including phenoxy) is 3. The van der Waals surface area contributed by atoms with Gasteiger partial charge in [-0.25, -0.2) is 0 Å². The largest absolute Gasteiger partial charge is 0.490 e. The maximum absolute atomic E-state index is 12.5. The molecule has 0 bridgehead atoms. The molecule has 3 rings (SSSR count). The third kappa shape index (κ3) is 6.71. The molecule has 1 N–H and O–H groups in total. The SMILES string of the molecule is C=C(C)COc1cccc(C(=O)Nc2ccc(OCCOc3ccccc3)cc2)c1. The van der Waals surface area contributed by atoms with Gasteiger partial charge in [-0.15, -0.1) is 0 Å². The van der Waals surface area contributed by atoms with Crippen LogP contribution < -0.4 is 19.5 Å². The molecule has 0 aliphatic rings. The molecule has 0 aliphatic carbocycles. The van der Waals surface area contributed by atoms with Crippen LogP contribution >= 0.6 is 0 Å². The van der Waals surface area contributed by atoms with E-state index in [4.69, 9.17) is 14.2 Å². The van der Waals surface area contributed by atoms with Crippen molar-refractivity contribution in [2.24, 2.45) is 0 Å². The Bertz CT molecular complexity index is 968. The molecule has 154 valence electrons. The first kappa shape index (κ1) is 21.0. The number of anilines is 1. The molecule has 0 saturated heterocycles. The van der Waals surface area contributed by atoms with Gasteiger partial charge in [0, 0.05) is 11.3 Å². The van der Waals surface area contributed by atoms with Crippen molar-refractivity contribution in [3.63, 3.8) is 0 Å². The Morgan fingerprint density at radius 2 is 1.43 bits per heavy atom. The second-order valence-electron chi connectivity index (χ2n) is 6.76. The van der Waals surface area contributed by atoms with Crippen molar-refractivity contribution in [1.82, 2.24) is 0 Å². The summed E-state index contributed by atoms with van der Waals surface area (Å²) in [7, 11) is 0. The Hall–Kier alpha value is -3.73. The minimum atomic E-state index is -0.208. The summed E-state index contributed by atoms with van der Waals surface area (Å²) in [5.41, 5.74) is 2.12. The van der Waals surface area contributed by atoms with Crippen LogP contribution in [0.4, 0.5) is 5.69 Å². The summed E-state index contributed by atoms with van der Waals surface area (Å²) >= 11 is 0. The van der Waals surface area contributed by atoms with Gasteiger partial charge in [0.25, 0.3) is 5.91 Å². The number of benzene rings is 3. The number of nitrogens with one attached hydrogen (secondary N) is 1. The molecule has 0 unspecified atom stereocenters. The zero-order valence-corrected chi connectivity index (χ0v) is 17.0. The Kier molecular flexibility index (Phi) is 7.50. The maximum Gasteiger partial charge on any atom is 0.255 e. The van der Waals surface area contributed by atoms with Crippen LogP contribution in [0, 0.1) is 0 Å². The molecular weight excluding hydrogens is 378 g/mol. The van der Waals surface area contributed by atoms with Gasteiger partial charge in [-0.2, -0.15) is 0 Å². The van der Waals surface area contributed by atoms with Crippen LogP contribution in [0.5, 0.6) is 17.2 Å². The van der Waals surface area contributed by atoms with E-state index in [1.807, 2.05) is 55.5 Å². The molecule has 0 spiro atoms. The van der Waals surface area contributed by atoms with Crippen molar-refractivity contribution >= 4 is 11.6 Å². The number of carbonyl (C=O) groups excluding carboxylic acids is 1. The summed E-state index contributed by atoms with van der Waals surface area (Å²) < 4.78 is 16.9. The molecule has 0 radical (unpaired) electrons. The fraction of sp³-hybridized carbons (Fsp3) is 0.160. The average Bonchev–Trinajstić information content (AvgIpc) is 2.77. The van der Waals surface area contributed by atoms with Crippen LogP contribution in [-0.4, -0.2) is 25.7 Å². The van der Waals surface area contributed by atoms with Gasteiger partial charge in [0.05, 0.1) is 0 Å². The van der Waals surface area contributed by atoms with Crippen LogP contribution in [0.2, 0.25) is 0 Å². The number of rotatable bonds is 10. The molecule has 5 heteroatoms. The first-order valence-electron chi connectivity index (χ1n) is 9.69. The van der Waals surface area contributed by atoms with E-state index in [0.29, 0.717) is 42.6 Å². The molecule has 30 heavy (non-hydrogen) atoms. The van der Waals surface area contributed by atoms with Gasteiger partial charge in [0.2, 0.25) is 0 Å². The van der Waals surface area contributed by atoms with Crippen LogP contribution in [-0.2, 0) is 0 Å². The van der Waals surface area contributed by atoms with E-state index >= 15 is 0 Å². The molecule has 0 atom stereocenters. The van der Waals surface area contributed by atoms with E-state index in [1.54, 1.807) is 30.3 Å². The monoisotopic (exact) mass is 403 g/mol. The number of hydrogen-bond acceptors (Lipinski definition) is 4. The molecule has 0 aromatic heterocycles. The van der Waals surface area contributed by atoms with Crippen LogP contribution in [0.3, 0.4) is 0 Å². The number of carbonyl (C=O) groups is 1. The fourth-order valence-electron chi connectivity index (χ4n) is 2.61. The first-order chi connectivity index (χ1) is 14.6. The van der Waals surface area contributed by atoms with Crippen LogP contribution in [0.15, 0.2) is 91.0 Å². The van der Waals surface area contributed by atoms with Crippen molar-refractivity contribution in [3.8, 4) is 17.2 Å². The third-order valence-electron chi connectivity index (χ3n) is 4.06. The van der Waals surface area contributed by atoms with Crippen molar-refractivity contribution in [2.75, 3.05) is 25.1 Å². The van der Waals surface area contributed by atoms with E-state index < -0.39 is 0 Å². The molecule has 3 aromatic rings. The van der Waals surface area contributed by atoms with Gasteiger partial charge in [-0.05, 0) is 67.1 Å². The van der Waals surface area contributed by atoms with Crippen molar-refractivity contribution in [3.05, 3.63) is 96.6 Å². The average molecular weight is 403 g/mol. The van der Waals surface area contributed by atoms with E-state index in [0.717, 1.165) is 11.3 Å². The molecule has 0 saturated carbocycles. The van der Waals surface area contributed by atoms with Gasteiger partial charge in [-0.1, -0.05) is 30.8 Å². The highest BCUT2D eigenvalue weighted by Crippen LogP contribution is 2.19. The Morgan fingerprint density at radius 1 is 0.800 bits per heavy atom. The summed E-state index contributed by atoms with van der Waals surface area (Å²) in [6, 6.07) is 23.9. The number of hydrogen-bond donors (Lipinski definition) is 1. The van der Waals surface area contributed by atoms with Gasteiger partial charge in [0.1, 0.15) is 37.1 Å². The smallest absolute Gasteiger partial charge is 0.255 e. The second kappa shape index (κ2) is 10.7. The zero-order chi connectivity index (χ0) is 21.2. The fourth-order valence-corrected chi connectivity index (χ4v) is 2.61. The molecule has 5 nitrogen and oxygen atoms in total. The molecule has 0 heterocycles. The first-order valence-corrected chi connectivity index (χ1v) is 9.69. The van der Waals surface area contributed by atoms with Gasteiger partial charge in [0.15, 0.2) is 0 Å². The summed E-state index contributed by atoms with van der Waals surface area (Å²) in [4.78, 5) is 12.5. The van der Waals surface area contributed by atoms with E-state index in [1.165, 1.54) is 0 Å². The Labute approximate surface area is 176 Å². The van der Waals surface area contributed by atoms with Crippen LogP contribution in [0.25, 0.3) is 0 Å². The lowest BCUT2D eigenvalue weighted by molar-refractivity contribution is 0.102. The van der Waals surface area contributed by atoms with E-state index in [-0.39, 0.29) is 5.91 Å². The highest BCUT2D eigenvalue weighted by molar-refractivity contribution is 6.04. The quantitative estimate of drug-likeness (QED) is 0.366. The molecule has 1 amide bonds. The highest BCUT2D eigenvalue weighted by Gasteiger charge is 2.08. The van der Waals surface area contributed by atoms with Crippen molar-refractivity contribution < 1.29 is 19.0 Å². The molecule has 0 fully saturated rings. The van der Waals surface area contributed by atoms with Gasteiger partial charge < -0.3 is 19.5 Å². The minimum absolute atomic E-state index is 0.208. The molecule has 3 aromatic carbocycles. The summed E-state index contributed by atoms with van der Waals surface area (Å²) in [6.07, 6.45) is 0. The molecule has 0 aliphatic heterocycles.